The maximum absolute atomic E-state index is 9.42. The van der Waals surface area contributed by atoms with Gasteiger partial charge >= 0.3 is 37.7 Å². The molecular weight excluding hydrogens is 149 g/mol. The fourth-order valence-corrected chi connectivity index (χ4v) is 0. The van der Waals surface area contributed by atoms with E-state index in [1.165, 1.54) is 0 Å². The first-order chi connectivity index (χ1) is 1.00. The summed E-state index contributed by atoms with van der Waals surface area (Å²) >= 11 is 0. The molecule has 0 aliphatic heterocycles. The Bertz CT molecular complexity index is 8.00. The Morgan fingerprint density at radius 1 is 1.25 bits per heavy atom. The number of hydrogen-bond donors (Lipinski definition) is 0. The van der Waals surface area contributed by atoms with E-state index in [0.717, 1.165) is 9.55 Å². The van der Waals surface area contributed by atoms with Gasteiger partial charge in [0, 0.05) is 16.5 Å². The fraction of sp³-hybridized carbons (Fsp3) is 0. The van der Waals surface area contributed by atoms with Crippen LogP contribution < -0.4 is 0 Å². The smallest absolute Gasteiger partial charge is 0 e. The zero-order valence-corrected chi connectivity index (χ0v) is 3.41. The molecule has 0 spiro atoms. The van der Waals surface area contributed by atoms with Crippen LogP contribution in [0.25, 0.3) is 0 Å². The Morgan fingerprint density at radius 2 is 1.25 bits per heavy atom. The standard InChI is InChI=1S/Ca.FH2P.Ni.2H/c;1-2;;;/h;2H2;;;. The van der Waals surface area contributed by atoms with Gasteiger partial charge in [-0.3, -0.25) is 0 Å². The molecule has 28 valence electrons. The van der Waals surface area contributed by atoms with E-state index in [-0.39, 0.29) is 54.2 Å². The predicted molar refractivity (Wildman–Crippen MR) is 19.4 cm³/mol. The number of halogens is 1. The van der Waals surface area contributed by atoms with E-state index >= 15 is 0 Å². The maximum Gasteiger partial charge on any atom is 0 e. The van der Waals surface area contributed by atoms with Crippen LogP contribution in [0.15, 0.2) is 0 Å². The van der Waals surface area contributed by atoms with Gasteiger partial charge in [-0.2, -0.15) is 0 Å². The third-order valence-corrected chi connectivity index (χ3v) is 0. The zero-order valence-electron chi connectivity index (χ0n) is 1.27. The van der Waals surface area contributed by atoms with E-state index in [0.29, 0.717) is 0 Å². The van der Waals surface area contributed by atoms with Crippen LogP contribution in [0, 0.1) is 0 Å². The van der Waals surface area contributed by atoms with Gasteiger partial charge < -0.3 is 0 Å². The number of hydrogen-bond acceptors (Lipinski definition) is 0. The van der Waals surface area contributed by atoms with Crippen molar-refractivity contribution in [3.63, 3.8) is 0 Å². The third kappa shape index (κ3) is 8.93. The van der Waals surface area contributed by atoms with Crippen molar-refractivity contribution in [3.05, 3.63) is 0 Å². The van der Waals surface area contributed by atoms with Crippen LogP contribution in [-0.4, -0.2) is 37.7 Å². The van der Waals surface area contributed by atoms with Gasteiger partial charge in [0.25, 0.3) is 0 Å². The van der Waals surface area contributed by atoms with Gasteiger partial charge in [-0.1, -0.05) is 0 Å². The predicted octanol–water partition coefficient (Wildman–Crippen LogP) is -0.173. The summed E-state index contributed by atoms with van der Waals surface area (Å²) in [5.74, 6) is 0. The van der Waals surface area contributed by atoms with Crippen molar-refractivity contribution in [3.8, 4) is 0 Å². The summed E-state index contributed by atoms with van der Waals surface area (Å²) in [6.07, 6.45) is 0. The summed E-state index contributed by atoms with van der Waals surface area (Å²) in [5, 5.41) is 0. The third-order valence-electron chi connectivity index (χ3n) is 0. The van der Waals surface area contributed by atoms with Crippen molar-refractivity contribution in [1.29, 1.82) is 0 Å². The Hall–Kier alpha value is 2.11. The Kier molecular flexibility index (Phi) is 79.9. The second-order valence-electron chi connectivity index (χ2n) is 0. The van der Waals surface area contributed by atoms with Crippen molar-refractivity contribution in [1.82, 2.24) is 0 Å². The van der Waals surface area contributed by atoms with Crippen LogP contribution in [0.5, 0.6) is 0 Å². The molecule has 0 amide bonds. The summed E-state index contributed by atoms with van der Waals surface area (Å²) in [4.78, 5) is 0. The monoisotopic (exact) mass is 152 g/mol. The molecule has 4 heavy (non-hydrogen) atoms. The summed E-state index contributed by atoms with van der Waals surface area (Å²) in [7, 11) is 0.917. The summed E-state index contributed by atoms with van der Waals surface area (Å²) in [5.41, 5.74) is 0. The summed E-state index contributed by atoms with van der Waals surface area (Å²) in [6.45, 7) is 0. The van der Waals surface area contributed by atoms with Crippen LogP contribution in [0.1, 0.15) is 0 Å². The Balaban J connectivity index is -0.00000000500. The molecular formula is H4CaFNiP. The van der Waals surface area contributed by atoms with Gasteiger partial charge in [0.2, 0.25) is 0 Å². The first-order valence-electron chi connectivity index (χ1n) is 0.218. The molecule has 0 aromatic heterocycles. The van der Waals surface area contributed by atoms with E-state index in [4.69, 9.17) is 0 Å². The van der Waals surface area contributed by atoms with Gasteiger partial charge in [0.15, 0.2) is 0 Å². The van der Waals surface area contributed by atoms with Gasteiger partial charge in [-0.15, -0.1) is 0 Å². The molecule has 0 nitrogen and oxygen atoms in total. The number of rotatable bonds is 0. The van der Waals surface area contributed by atoms with Crippen molar-refractivity contribution in [2.75, 3.05) is 0 Å². The minimum absolute atomic E-state index is 0. The molecule has 0 saturated heterocycles. The van der Waals surface area contributed by atoms with Gasteiger partial charge in [0.05, 0.1) is 9.55 Å². The Labute approximate surface area is 67.2 Å². The zero-order chi connectivity index (χ0) is 2.00. The molecule has 1 atom stereocenters. The average molecular weight is 153 g/mol. The summed E-state index contributed by atoms with van der Waals surface area (Å²) < 4.78 is 9.42. The molecule has 0 fully saturated rings. The molecule has 0 aliphatic carbocycles. The van der Waals surface area contributed by atoms with Gasteiger partial charge in [-0.05, 0) is 0 Å². The summed E-state index contributed by atoms with van der Waals surface area (Å²) in [6, 6.07) is 0. The van der Waals surface area contributed by atoms with E-state index in [1.807, 2.05) is 0 Å². The van der Waals surface area contributed by atoms with Crippen LogP contribution >= 0.6 is 9.55 Å². The van der Waals surface area contributed by atoms with Crippen molar-refractivity contribution >= 4 is 47.3 Å². The molecule has 0 bridgehead atoms. The molecule has 0 aromatic rings. The first-order valence-corrected chi connectivity index (χ1v) is 0.655. The quantitative estimate of drug-likeness (QED) is 0.334. The van der Waals surface area contributed by atoms with Crippen LogP contribution in [-0.2, 0) is 16.5 Å². The SMILES string of the molecule is FP.[CaH2].[Ni]. The molecule has 1 unspecified atom stereocenters. The van der Waals surface area contributed by atoms with E-state index in [2.05, 4.69) is 0 Å². The molecule has 0 saturated carbocycles. The second kappa shape index (κ2) is 19.4. The minimum atomic E-state index is 0. The molecule has 0 aromatic carbocycles. The van der Waals surface area contributed by atoms with Crippen molar-refractivity contribution in [2.45, 2.75) is 0 Å². The fourth-order valence-electron chi connectivity index (χ4n) is 0. The topological polar surface area (TPSA) is 0 Å². The van der Waals surface area contributed by atoms with Crippen molar-refractivity contribution < 1.29 is 20.7 Å². The minimum Gasteiger partial charge on any atom is 0 e. The van der Waals surface area contributed by atoms with Crippen LogP contribution in [0.3, 0.4) is 0 Å². The first kappa shape index (κ1) is 16.5. The van der Waals surface area contributed by atoms with Crippen molar-refractivity contribution in [2.24, 2.45) is 0 Å². The molecule has 0 rings (SSSR count). The van der Waals surface area contributed by atoms with Gasteiger partial charge in [0.1, 0.15) is 0 Å². The molecule has 0 aliphatic rings. The van der Waals surface area contributed by atoms with E-state index in [9.17, 15) is 4.20 Å². The molecule has 4 heteroatoms. The van der Waals surface area contributed by atoms with Crippen LogP contribution in [0.4, 0.5) is 4.20 Å². The average Bonchev–Trinajstić information content (AvgIpc) is 1.00. The molecule has 0 heterocycles. The molecule has 0 radical (unpaired) electrons. The maximum atomic E-state index is 9.42. The van der Waals surface area contributed by atoms with E-state index < -0.39 is 0 Å². The second-order valence-corrected chi connectivity index (χ2v) is 0. The van der Waals surface area contributed by atoms with E-state index in [1.54, 1.807) is 0 Å². The van der Waals surface area contributed by atoms with Gasteiger partial charge in [-0.25, -0.2) is 4.20 Å². The Morgan fingerprint density at radius 3 is 1.25 bits per heavy atom. The molecule has 0 N–H and O–H groups in total. The van der Waals surface area contributed by atoms with Crippen LogP contribution in [0.2, 0.25) is 0 Å². The largest absolute Gasteiger partial charge is 0 e. The normalized spacial score (nSPS) is 1.50.